The van der Waals surface area contributed by atoms with E-state index < -0.39 is 6.10 Å². The Morgan fingerprint density at radius 1 is 1.10 bits per heavy atom. The standard InChI is InChI=1S/C23H33N3O3S/c1-13-19(14(2)25-22(24-13)30-4)5-6-20(27)29-15(3)21(28)26-23-10-16-7-17(11-23)9-18(8-16)12-23/h15-18H,5-12H2,1-4H3,(H,26,28)/t15-,16?,17?,18?,23?/m0/s1. The van der Waals surface area contributed by atoms with Crippen LogP contribution in [0.25, 0.3) is 0 Å². The van der Waals surface area contributed by atoms with E-state index in [0.717, 1.165) is 59.1 Å². The number of carbonyl (C=O) groups is 2. The van der Waals surface area contributed by atoms with Gasteiger partial charge in [0.25, 0.3) is 5.91 Å². The van der Waals surface area contributed by atoms with Gasteiger partial charge in [-0.05, 0) is 95.3 Å². The number of amides is 1. The van der Waals surface area contributed by atoms with Crippen molar-refractivity contribution >= 4 is 23.6 Å². The first kappa shape index (κ1) is 21.6. The molecule has 164 valence electrons. The average molecular weight is 432 g/mol. The number of hydrogen-bond acceptors (Lipinski definition) is 6. The maximum Gasteiger partial charge on any atom is 0.306 e. The van der Waals surface area contributed by atoms with Gasteiger partial charge in [0, 0.05) is 23.3 Å². The fraction of sp³-hybridized carbons (Fsp3) is 0.739. The first-order valence-corrected chi connectivity index (χ1v) is 12.4. The summed E-state index contributed by atoms with van der Waals surface area (Å²) in [6.07, 6.45) is 9.21. The third kappa shape index (κ3) is 4.51. The van der Waals surface area contributed by atoms with Crippen LogP contribution in [0.5, 0.6) is 0 Å². The van der Waals surface area contributed by atoms with Gasteiger partial charge in [0.05, 0.1) is 0 Å². The van der Waals surface area contributed by atoms with Crippen molar-refractivity contribution in [3.05, 3.63) is 17.0 Å². The Hall–Kier alpha value is -1.63. The van der Waals surface area contributed by atoms with Crippen LogP contribution in [0, 0.1) is 31.6 Å². The molecule has 1 amide bonds. The molecule has 5 rings (SSSR count). The van der Waals surface area contributed by atoms with Crippen LogP contribution in [0.1, 0.15) is 68.8 Å². The zero-order valence-electron chi connectivity index (χ0n) is 18.5. The predicted octanol–water partition coefficient (Wildman–Crippen LogP) is 3.76. The quantitative estimate of drug-likeness (QED) is 0.402. The van der Waals surface area contributed by atoms with E-state index in [2.05, 4.69) is 15.3 Å². The number of ether oxygens (including phenoxy) is 1. The van der Waals surface area contributed by atoms with Gasteiger partial charge in [-0.25, -0.2) is 9.97 Å². The zero-order chi connectivity index (χ0) is 21.5. The lowest BCUT2D eigenvalue weighted by Gasteiger charge is -2.57. The van der Waals surface area contributed by atoms with Crippen molar-refractivity contribution < 1.29 is 14.3 Å². The van der Waals surface area contributed by atoms with Gasteiger partial charge in [-0.3, -0.25) is 9.59 Å². The van der Waals surface area contributed by atoms with E-state index in [-0.39, 0.29) is 23.8 Å². The molecule has 1 atom stereocenters. The van der Waals surface area contributed by atoms with E-state index in [1.54, 1.807) is 6.92 Å². The van der Waals surface area contributed by atoms with Gasteiger partial charge < -0.3 is 10.1 Å². The minimum Gasteiger partial charge on any atom is -0.453 e. The number of thioether (sulfide) groups is 1. The van der Waals surface area contributed by atoms with Crippen LogP contribution in [0.2, 0.25) is 0 Å². The van der Waals surface area contributed by atoms with Crippen LogP contribution < -0.4 is 5.32 Å². The van der Waals surface area contributed by atoms with E-state index in [1.165, 1.54) is 31.0 Å². The van der Waals surface area contributed by atoms with Crippen molar-refractivity contribution in [3.8, 4) is 0 Å². The second kappa shape index (κ2) is 8.48. The SMILES string of the molecule is CSc1nc(C)c(CCC(=O)O[C@@H](C)C(=O)NC23CC4CC(CC(C4)C2)C3)c(C)n1. The molecule has 0 radical (unpaired) electrons. The minimum absolute atomic E-state index is 0.0584. The molecule has 4 aliphatic rings. The molecule has 1 aromatic heterocycles. The Kier molecular flexibility index (Phi) is 6.11. The Morgan fingerprint density at radius 3 is 2.13 bits per heavy atom. The number of nitrogens with one attached hydrogen (secondary N) is 1. The summed E-state index contributed by atoms with van der Waals surface area (Å²) >= 11 is 1.51. The van der Waals surface area contributed by atoms with Crippen LogP contribution in [0.15, 0.2) is 5.16 Å². The Labute approximate surface area is 183 Å². The minimum atomic E-state index is -0.761. The lowest BCUT2D eigenvalue weighted by Crippen LogP contribution is -2.61. The van der Waals surface area contributed by atoms with Crippen molar-refractivity contribution in [2.24, 2.45) is 17.8 Å². The first-order valence-electron chi connectivity index (χ1n) is 11.2. The molecule has 4 aliphatic carbocycles. The summed E-state index contributed by atoms with van der Waals surface area (Å²) in [5, 5.41) is 4.04. The fourth-order valence-electron chi connectivity index (χ4n) is 6.33. The Balaban J connectivity index is 1.29. The molecule has 6 nitrogen and oxygen atoms in total. The van der Waals surface area contributed by atoms with E-state index in [0.29, 0.717) is 6.42 Å². The number of esters is 1. The summed E-state index contributed by atoms with van der Waals surface area (Å²) in [5.74, 6) is 1.79. The lowest BCUT2D eigenvalue weighted by atomic mass is 9.53. The summed E-state index contributed by atoms with van der Waals surface area (Å²) in [4.78, 5) is 34.1. The Bertz CT molecular complexity index is 783. The Morgan fingerprint density at radius 2 is 1.63 bits per heavy atom. The van der Waals surface area contributed by atoms with Crippen molar-refractivity contribution in [2.45, 2.75) is 88.9 Å². The number of hydrogen-bond donors (Lipinski definition) is 1. The number of aromatic nitrogens is 2. The molecule has 4 saturated carbocycles. The normalized spacial score (nSPS) is 30.2. The van der Waals surface area contributed by atoms with E-state index in [1.807, 2.05) is 20.1 Å². The third-order valence-corrected chi connectivity index (χ3v) is 7.81. The highest BCUT2D eigenvalue weighted by molar-refractivity contribution is 7.98. The van der Waals surface area contributed by atoms with Gasteiger partial charge in [-0.2, -0.15) is 0 Å². The maximum atomic E-state index is 12.8. The van der Waals surface area contributed by atoms with Crippen LogP contribution in [0.4, 0.5) is 0 Å². The van der Waals surface area contributed by atoms with E-state index >= 15 is 0 Å². The molecule has 0 spiro atoms. The number of aryl methyl sites for hydroxylation is 2. The van der Waals surface area contributed by atoms with Crippen molar-refractivity contribution in [2.75, 3.05) is 6.26 Å². The predicted molar refractivity (Wildman–Crippen MR) is 116 cm³/mol. The van der Waals surface area contributed by atoms with Gasteiger partial charge in [0.1, 0.15) is 0 Å². The molecule has 4 bridgehead atoms. The van der Waals surface area contributed by atoms with Crippen LogP contribution in [-0.4, -0.2) is 39.7 Å². The molecule has 0 unspecified atom stereocenters. The average Bonchev–Trinajstić information content (AvgIpc) is 2.65. The van der Waals surface area contributed by atoms with Gasteiger partial charge >= 0.3 is 5.97 Å². The maximum absolute atomic E-state index is 12.8. The highest BCUT2D eigenvalue weighted by Crippen LogP contribution is 2.55. The van der Waals surface area contributed by atoms with Gasteiger partial charge in [0.15, 0.2) is 11.3 Å². The lowest BCUT2D eigenvalue weighted by molar-refractivity contribution is -0.156. The van der Waals surface area contributed by atoms with Crippen LogP contribution in [0.3, 0.4) is 0 Å². The molecule has 1 aromatic rings. The first-order chi connectivity index (χ1) is 14.3. The molecule has 30 heavy (non-hydrogen) atoms. The number of rotatable bonds is 7. The summed E-state index contributed by atoms with van der Waals surface area (Å²) < 4.78 is 5.48. The van der Waals surface area contributed by atoms with Crippen molar-refractivity contribution in [3.63, 3.8) is 0 Å². The molecule has 4 fully saturated rings. The molecule has 1 heterocycles. The summed E-state index contributed by atoms with van der Waals surface area (Å²) in [7, 11) is 0. The summed E-state index contributed by atoms with van der Waals surface area (Å²) in [5.41, 5.74) is 2.71. The van der Waals surface area contributed by atoms with Gasteiger partial charge in [-0.15, -0.1) is 0 Å². The number of nitrogens with zero attached hydrogens (tertiary/aromatic N) is 2. The zero-order valence-corrected chi connectivity index (χ0v) is 19.3. The molecular formula is C23H33N3O3S. The molecule has 7 heteroatoms. The van der Waals surface area contributed by atoms with Gasteiger partial charge in [-0.1, -0.05) is 11.8 Å². The van der Waals surface area contributed by atoms with Crippen LogP contribution >= 0.6 is 11.8 Å². The van der Waals surface area contributed by atoms with Crippen LogP contribution in [-0.2, 0) is 20.7 Å². The monoisotopic (exact) mass is 431 g/mol. The van der Waals surface area contributed by atoms with E-state index in [4.69, 9.17) is 4.74 Å². The van der Waals surface area contributed by atoms with E-state index in [9.17, 15) is 9.59 Å². The summed E-state index contributed by atoms with van der Waals surface area (Å²) in [6.45, 7) is 5.56. The largest absolute Gasteiger partial charge is 0.453 e. The topological polar surface area (TPSA) is 81.2 Å². The number of carbonyl (C=O) groups excluding carboxylic acids is 2. The molecule has 0 aromatic carbocycles. The molecular weight excluding hydrogens is 398 g/mol. The van der Waals surface area contributed by atoms with Gasteiger partial charge in [0.2, 0.25) is 0 Å². The second-order valence-electron chi connectivity index (χ2n) is 9.68. The smallest absolute Gasteiger partial charge is 0.306 e. The third-order valence-electron chi connectivity index (χ3n) is 7.27. The molecule has 0 saturated heterocycles. The highest BCUT2D eigenvalue weighted by atomic mass is 32.2. The van der Waals surface area contributed by atoms with Crippen molar-refractivity contribution in [1.29, 1.82) is 0 Å². The fourth-order valence-corrected chi connectivity index (χ4v) is 6.78. The second-order valence-corrected chi connectivity index (χ2v) is 10.5. The molecule has 0 aliphatic heterocycles. The highest BCUT2D eigenvalue weighted by Gasteiger charge is 2.51. The summed E-state index contributed by atoms with van der Waals surface area (Å²) in [6, 6.07) is 0. The van der Waals surface area contributed by atoms with Crippen molar-refractivity contribution in [1.82, 2.24) is 15.3 Å². The molecule has 1 N–H and O–H groups in total.